The van der Waals surface area contributed by atoms with Gasteiger partial charge in [-0.1, -0.05) is 54.1 Å². The highest BCUT2D eigenvalue weighted by Gasteiger charge is 2.27. The molecule has 30 heavy (non-hydrogen) atoms. The van der Waals surface area contributed by atoms with Crippen molar-refractivity contribution in [3.05, 3.63) is 89.5 Å². The molecule has 3 aromatic rings. The van der Waals surface area contributed by atoms with Crippen LogP contribution in [0.4, 0.5) is 5.69 Å². The van der Waals surface area contributed by atoms with Crippen LogP contribution < -0.4 is 10.1 Å². The molecular formula is C24H23NO5. The number of ether oxygens (including phenoxy) is 2. The first-order valence-corrected chi connectivity index (χ1v) is 9.58. The Morgan fingerprint density at radius 2 is 1.70 bits per heavy atom. The van der Waals surface area contributed by atoms with Crippen molar-refractivity contribution < 1.29 is 24.2 Å². The van der Waals surface area contributed by atoms with Crippen LogP contribution in [0, 0.1) is 6.92 Å². The predicted molar refractivity (Wildman–Crippen MR) is 114 cm³/mol. The molecule has 0 aliphatic carbocycles. The van der Waals surface area contributed by atoms with Gasteiger partial charge < -0.3 is 19.9 Å². The number of benzene rings is 3. The molecule has 0 saturated heterocycles. The summed E-state index contributed by atoms with van der Waals surface area (Å²) in [6.45, 7) is 4.08. The number of amides is 1. The van der Waals surface area contributed by atoms with Crippen molar-refractivity contribution in [2.24, 2.45) is 0 Å². The molecule has 0 aliphatic rings. The zero-order chi connectivity index (χ0) is 21.5. The molecule has 0 aliphatic heterocycles. The van der Waals surface area contributed by atoms with Crippen LogP contribution in [0.25, 0.3) is 0 Å². The number of aromatic hydroxyl groups is 1. The lowest BCUT2D eigenvalue weighted by Gasteiger charge is -2.19. The van der Waals surface area contributed by atoms with E-state index in [1.54, 1.807) is 67.6 Å². The lowest BCUT2D eigenvalue weighted by molar-refractivity contribution is -0.125. The summed E-state index contributed by atoms with van der Waals surface area (Å²) in [5.41, 5.74) is 1.76. The van der Waals surface area contributed by atoms with Gasteiger partial charge in [-0.15, -0.1) is 0 Å². The van der Waals surface area contributed by atoms with Crippen molar-refractivity contribution in [3.63, 3.8) is 0 Å². The molecule has 0 bridgehead atoms. The Morgan fingerprint density at radius 1 is 1.00 bits per heavy atom. The number of hydrogen-bond acceptors (Lipinski definition) is 5. The van der Waals surface area contributed by atoms with E-state index >= 15 is 0 Å². The molecule has 1 atom stereocenters. The highest BCUT2D eigenvalue weighted by molar-refractivity contribution is 5.99. The van der Waals surface area contributed by atoms with Gasteiger partial charge in [0.1, 0.15) is 17.1 Å². The molecule has 154 valence electrons. The minimum Gasteiger partial charge on any atom is -0.507 e. The number of carbonyl (C=O) groups excluding carboxylic acids is 2. The van der Waals surface area contributed by atoms with Gasteiger partial charge in [-0.2, -0.15) is 0 Å². The summed E-state index contributed by atoms with van der Waals surface area (Å²) in [4.78, 5) is 25.8. The first-order chi connectivity index (χ1) is 14.5. The molecule has 2 N–H and O–H groups in total. The summed E-state index contributed by atoms with van der Waals surface area (Å²) >= 11 is 0. The van der Waals surface area contributed by atoms with Crippen molar-refractivity contribution in [1.82, 2.24) is 0 Å². The molecule has 0 spiro atoms. The molecule has 0 aromatic heterocycles. The predicted octanol–water partition coefficient (Wildman–Crippen LogP) is 4.64. The van der Waals surface area contributed by atoms with E-state index in [9.17, 15) is 14.7 Å². The van der Waals surface area contributed by atoms with E-state index in [0.717, 1.165) is 5.56 Å². The van der Waals surface area contributed by atoms with E-state index < -0.39 is 18.0 Å². The summed E-state index contributed by atoms with van der Waals surface area (Å²) in [7, 11) is 0. The molecule has 6 nitrogen and oxygen atoms in total. The van der Waals surface area contributed by atoms with Gasteiger partial charge in [-0.05, 0) is 38.1 Å². The fourth-order valence-electron chi connectivity index (χ4n) is 2.93. The number of esters is 1. The highest BCUT2D eigenvalue weighted by Crippen LogP contribution is 2.28. The molecule has 1 amide bonds. The van der Waals surface area contributed by atoms with E-state index in [0.29, 0.717) is 23.6 Å². The van der Waals surface area contributed by atoms with Crippen molar-refractivity contribution in [1.29, 1.82) is 0 Å². The first-order valence-electron chi connectivity index (χ1n) is 9.58. The second-order valence-corrected chi connectivity index (χ2v) is 6.64. The molecular weight excluding hydrogens is 382 g/mol. The largest absolute Gasteiger partial charge is 0.507 e. The third kappa shape index (κ3) is 4.97. The van der Waals surface area contributed by atoms with E-state index in [2.05, 4.69) is 5.32 Å². The summed E-state index contributed by atoms with van der Waals surface area (Å²) in [5, 5.41) is 12.8. The van der Waals surface area contributed by atoms with Gasteiger partial charge in [0, 0.05) is 5.56 Å². The van der Waals surface area contributed by atoms with Crippen LogP contribution in [0.2, 0.25) is 0 Å². The van der Waals surface area contributed by atoms with Crippen LogP contribution in [0.5, 0.6) is 11.5 Å². The second-order valence-electron chi connectivity index (χ2n) is 6.64. The molecule has 3 rings (SSSR count). The molecule has 0 fully saturated rings. The lowest BCUT2D eigenvalue weighted by Crippen LogP contribution is -2.26. The second kappa shape index (κ2) is 9.60. The van der Waals surface area contributed by atoms with Crippen molar-refractivity contribution in [2.45, 2.75) is 20.0 Å². The summed E-state index contributed by atoms with van der Waals surface area (Å²) in [6, 6.07) is 20.3. The summed E-state index contributed by atoms with van der Waals surface area (Å²) in [5.74, 6) is -1.02. The van der Waals surface area contributed by atoms with Crippen molar-refractivity contribution >= 4 is 17.6 Å². The molecule has 3 aromatic carbocycles. The fourth-order valence-corrected chi connectivity index (χ4v) is 2.93. The van der Waals surface area contributed by atoms with Gasteiger partial charge >= 0.3 is 5.97 Å². The van der Waals surface area contributed by atoms with Crippen LogP contribution in [-0.2, 0) is 9.53 Å². The number of aryl methyl sites for hydroxylation is 1. The number of anilines is 1. The van der Waals surface area contributed by atoms with Crippen LogP contribution in [0.3, 0.4) is 0 Å². The minimum atomic E-state index is -1.21. The van der Waals surface area contributed by atoms with E-state index in [1.165, 1.54) is 12.1 Å². The number of phenols is 1. The van der Waals surface area contributed by atoms with Crippen molar-refractivity contribution in [2.75, 3.05) is 11.9 Å². The molecule has 0 radical (unpaired) electrons. The van der Waals surface area contributed by atoms with Crippen molar-refractivity contribution in [3.8, 4) is 11.5 Å². The van der Waals surface area contributed by atoms with E-state index in [4.69, 9.17) is 9.47 Å². The normalized spacial score (nSPS) is 11.4. The van der Waals surface area contributed by atoms with Gasteiger partial charge in [0.25, 0.3) is 5.91 Å². The maximum Gasteiger partial charge on any atom is 0.343 e. The monoisotopic (exact) mass is 405 g/mol. The van der Waals surface area contributed by atoms with Crippen LogP contribution in [0.15, 0.2) is 72.8 Å². The standard InChI is InChI=1S/C24H23NO5/c1-3-29-21-12-8-7-11-19(21)25-23(27)22(17-9-5-4-6-10-17)30-24(28)18-15-16(2)13-14-20(18)26/h4-15,22,26H,3H2,1-2H3,(H,25,27)/t22-/m0/s1. The van der Waals surface area contributed by atoms with Gasteiger partial charge in [0.15, 0.2) is 0 Å². The molecule has 6 heteroatoms. The maximum absolute atomic E-state index is 13.1. The lowest BCUT2D eigenvalue weighted by atomic mass is 10.1. The summed E-state index contributed by atoms with van der Waals surface area (Å²) in [6.07, 6.45) is -1.21. The average molecular weight is 405 g/mol. The number of rotatable bonds is 7. The maximum atomic E-state index is 13.1. The van der Waals surface area contributed by atoms with Crippen LogP contribution in [-0.4, -0.2) is 23.6 Å². The van der Waals surface area contributed by atoms with Gasteiger partial charge in [-0.3, -0.25) is 4.79 Å². The van der Waals surface area contributed by atoms with Crippen LogP contribution >= 0.6 is 0 Å². The number of carbonyl (C=O) groups is 2. The van der Waals surface area contributed by atoms with Crippen LogP contribution in [0.1, 0.15) is 34.5 Å². The number of hydrogen-bond donors (Lipinski definition) is 2. The minimum absolute atomic E-state index is 0.00144. The molecule has 0 unspecified atom stereocenters. The number of nitrogens with one attached hydrogen (secondary N) is 1. The highest BCUT2D eigenvalue weighted by atomic mass is 16.5. The topological polar surface area (TPSA) is 84.9 Å². The van der Waals surface area contributed by atoms with Gasteiger partial charge in [0.05, 0.1) is 12.3 Å². The third-order valence-corrected chi connectivity index (χ3v) is 4.38. The Hall–Kier alpha value is -3.80. The Morgan fingerprint density at radius 3 is 2.43 bits per heavy atom. The number of para-hydroxylation sites is 2. The Balaban J connectivity index is 1.89. The molecule has 0 heterocycles. The Kier molecular flexibility index (Phi) is 6.70. The van der Waals surface area contributed by atoms with E-state index in [1.807, 2.05) is 6.92 Å². The fraction of sp³-hybridized carbons (Fsp3) is 0.167. The SMILES string of the molecule is CCOc1ccccc1NC(=O)[C@@H](OC(=O)c1cc(C)ccc1O)c1ccccc1. The zero-order valence-corrected chi connectivity index (χ0v) is 16.8. The third-order valence-electron chi connectivity index (χ3n) is 4.38. The quantitative estimate of drug-likeness (QED) is 0.560. The van der Waals surface area contributed by atoms with Gasteiger partial charge in [-0.25, -0.2) is 4.79 Å². The summed E-state index contributed by atoms with van der Waals surface area (Å²) < 4.78 is 11.1. The Bertz CT molecular complexity index is 1030. The van der Waals surface area contributed by atoms with E-state index in [-0.39, 0.29) is 11.3 Å². The first kappa shape index (κ1) is 20.9. The Labute approximate surface area is 175 Å². The average Bonchev–Trinajstić information content (AvgIpc) is 2.75. The smallest absolute Gasteiger partial charge is 0.343 e. The van der Waals surface area contributed by atoms with Gasteiger partial charge in [0.2, 0.25) is 6.10 Å². The zero-order valence-electron chi connectivity index (χ0n) is 16.8. The molecule has 0 saturated carbocycles. The number of phenolic OH excluding ortho intramolecular Hbond substituents is 1.